The van der Waals surface area contributed by atoms with Gasteiger partial charge in [-0.15, -0.1) is 13.2 Å². The molecule has 0 N–H and O–H groups in total. The van der Waals surface area contributed by atoms with E-state index in [0.717, 1.165) is 5.56 Å². The molecule has 3 rings (SSSR count). The van der Waals surface area contributed by atoms with Crippen molar-refractivity contribution in [1.82, 2.24) is 4.31 Å². The molecule has 6 nitrogen and oxygen atoms in total. The highest BCUT2D eigenvalue weighted by molar-refractivity contribution is 7.89. The molecule has 2 atom stereocenters. The number of allylic oxidation sites excluding steroid dienone is 2. The van der Waals surface area contributed by atoms with E-state index in [1.54, 1.807) is 73.7 Å². The molecule has 1 saturated heterocycles. The van der Waals surface area contributed by atoms with Crippen LogP contribution >= 0.6 is 0 Å². The molecule has 1 aliphatic heterocycles. The van der Waals surface area contributed by atoms with E-state index >= 15 is 0 Å². The number of esters is 1. The van der Waals surface area contributed by atoms with Crippen LogP contribution in [0, 0.1) is 29.1 Å². The molecule has 34 heavy (non-hydrogen) atoms. The molecule has 178 valence electrons. The highest BCUT2D eigenvalue weighted by atomic mass is 32.2. The summed E-state index contributed by atoms with van der Waals surface area (Å²) in [6.07, 6.45) is 3.71. The van der Waals surface area contributed by atoms with Gasteiger partial charge in [0.2, 0.25) is 10.0 Å². The molecule has 0 saturated carbocycles. The number of nitriles is 1. The molecular formula is C27H30N2O4S. The van der Waals surface area contributed by atoms with Crippen molar-refractivity contribution in [3.8, 4) is 6.07 Å². The van der Waals surface area contributed by atoms with Crippen molar-refractivity contribution in [2.45, 2.75) is 37.6 Å². The summed E-state index contributed by atoms with van der Waals surface area (Å²) in [5.41, 5.74) is -1.46. The standard InChI is InChI=1S/C27H30N2O4S/c1-5-17-26(18-6-2)20-29(34(31,32)23-15-13-21(4)14-16-23)24(22-11-9-8-10-12-22)27(26,19-28)25(30)33-7-3/h5-6,8-16,24H,1-2,7,17-18,20H2,3-4H3/t24-,27+/m1/s1. The highest BCUT2D eigenvalue weighted by Crippen LogP contribution is 2.62. The Bertz CT molecular complexity index is 1190. The molecule has 1 fully saturated rings. The number of benzene rings is 2. The molecule has 0 unspecified atom stereocenters. The minimum atomic E-state index is -4.08. The number of aryl methyl sites for hydroxylation is 1. The van der Waals surface area contributed by atoms with Crippen molar-refractivity contribution in [3.63, 3.8) is 0 Å². The Kier molecular flexibility index (Phi) is 7.44. The van der Waals surface area contributed by atoms with Crippen LogP contribution in [0.3, 0.4) is 0 Å². The Labute approximate surface area is 202 Å². The van der Waals surface area contributed by atoms with E-state index in [2.05, 4.69) is 19.2 Å². The van der Waals surface area contributed by atoms with Crippen LogP contribution in [-0.4, -0.2) is 31.8 Å². The summed E-state index contributed by atoms with van der Waals surface area (Å²) in [7, 11) is -4.08. The number of hydrogen-bond acceptors (Lipinski definition) is 5. The van der Waals surface area contributed by atoms with E-state index in [4.69, 9.17) is 4.74 Å². The largest absolute Gasteiger partial charge is 0.465 e. The molecule has 0 radical (unpaired) electrons. The smallest absolute Gasteiger partial charge is 0.329 e. The lowest BCUT2D eigenvalue weighted by molar-refractivity contribution is -0.158. The maximum Gasteiger partial charge on any atom is 0.329 e. The summed E-state index contributed by atoms with van der Waals surface area (Å²) >= 11 is 0. The lowest BCUT2D eigenvalue weighted by Crippen LogP contribution is -2.48. The number of rotatable bonds is 9. The second-order valence-electron chi connectivity index (χ2n) is 8.58. The van der Waals surface area contributed by atoms with E-state index in [1.165, 1.54) is 4.31 Å². The zero-order valence-electron chi connectivity index (χ0n) is 19.6. The first kappa shape index (κ1) is 25.4. The highest BCUT2D eigenvalue weighted by Gasteiger charge is 2.70. The van der Waals surface area contributed by atoms with Crippen molar-refractivity contribution in [2.24, 2.45) is 10.8 Å². The van der Waals surface area contributed by atoms with E-state index in [0.29, 0.717) is 5.56 Å². The summed E-state index contributed by atoms with van der Waals surface area (Å²) in [5, 5.41) is 10.7. The third kappa shape index (κ3) is 3.97. The van der Waals surface area contributed by atoms with Crippen LogP contribution in [-0.2, 0) is 19.6 Å². The van der Waals surface area contributed by atoms with E-state index < -0.39 is 32.9 Å². The van der Waals surface area contributed by atoms with Crippen molar-refractivity contribution < 1.29 is 17.9 Å². The fourth-order valence-electron chi connectivity index (χ4n) is 5.03. The van der Waals surface area contributed by atoms with Gasteiger partial charge in [-0.25, -0.2) is 8.42 Å². The van der Waals surface area contributed by atoms with Crippen molar-refractivity contribution in [3.05, 3.63) is 91.0 Å². The van der Waals surface area contributed by atoms with Crippen molar-refractivity contribution >= 4 is 16.0 Å². The molecule has 0 aliphatic carbocycles. The number of ether oxygens (including phenoxy) is 1. The van der Waals surface area contributed by atoms with Crippen LogP contribution in [0.15, 0.2) is 84.8 Å². The van der Waals surface area contributed by atoms with E-state index in [-0.39, 0.29) is 30.9 Å². The van der Waals surface area contributed by atoms with Crippen LogP contribution in [0.1, 0.15) is 36.9 Å². The van der Waals surface area contributed by atoms with E-state index in [9.17, 15) is 18.5 Å². The Hall–Kier alpha value is -3.21. The van der Waals surface area contributed by atoms with Gasteiger partial charge in [0.25, 0.3) is 0 Å². The molecule has 7 heteroatoms. The zero-order chi connectivity index (χ0) is 25.0. The second kappa shape index (κ2) is 9.96. The number of carbonyl (C=O) groups is 1. The average molecular weight is 479 g/mol. The van der Waals surface area contributed by atoms with Gasteiger partial charge in [0, 0.05) is 12.0 Å². The minimum absolute atomic E-state index is 0.0622. The Morgan fingerprint density at radius 2 is 1.74 bits per heavy atom. The Balaban J connectivity index is 2.39. The number of hydrogen-bond donors (Lipinski definition) is 0. The summed E-state index contributed by atoms with van der Waals surface area (Å²) in [5.74, 6) is -0.739. The zero-order valence-corrected chi connectivity index (χ0v) is 20.4. The van der Waals surface area contributed by atoms with Gasteiger partial charge >= 0.3 is 5.97 Å². The van der Waals surface area contributed by atoms with Crippen molar-refractivity contribution in [2.75, 3.05) is 13.2 Å². The maximum atomic E-state index is 14.0. The first-order chi connectivity index (χ1) is 16.2. The van der Waals surface area contributed by atoms with Crippen LogP contribution in [0.2, 0.25) is 0 Å². The first-order valence-electron chi connectivity index (χ1n) is 11.2. The number of carbonyl (C=O) groups excluding carboxylic acids is 1. The fraction of sp³-hybridized carbons (Fsp3) is 0.333. The van der Waals surface area contributed by atoms with Gasteiger partial charge in [-0.2, -0.15) is 9.57 Å². The minimum Gasteiger partial charge on any atom is -0.465 e. The second-order valence-corrected chi connectivity index (χ2v) is 10.5. The molecule has 2 aromatic carbocycles. The summed E-state index contributed by atoms with van der Waals surface area (Å²) in [4.78, 5) is 13.8. The maximum absolute atomic E-state index is 14.0. The van der Waals surface area contributed by atoms with Crippen LogP contribution in [0.25, 0.3) is 0 Å². The lowest BCUT2D eigenvalue weighted by Gasteiger charge is -2.40. The normalized spacial score (nSPS) is 22.0. The third-order valence-corrected chi connectivity index (χ3v) is 8.41. The Morgan fingerprint density at radius 3 is 2.24 bits per heavy atom. The summed E-state index contributed by atoms with van der Waals surface area (Å²) in [6, 6.07) is 16.5. The fourth-order valence-corrected chi connectivity index (χ4v) is 6.75. The van der Waals surface area contributed by atoms with Gasteiger partial charge in [0.05, 0.1) is 23.6 Å². The summed E-state index contributed by atoms with van der Waals surface area (Å²) in [6.45, 7) is 11.2. The molecular weight excluding hydrogens is 448 g/mol. The average Bonchev–Trinajstić information content (AvgIpc) is 3.12. The van der Waals surface area contributed by atoms with E-state index in [1.807, 2.05) is 6.92 Å². The predicted octanol–water partition coefficient (Wildman–Crippen LogP) is 4.95. The lowest BCUT2D eigenvalue weighted by atomic mass is 9.59. The quantitative estimate of drug-likeness (QED) is 0.376. The van der Waals surface area contributed by atoms with Gasteiger partial charge in [0.1, 0.15) is 0 Å². The number of nitrogens with zero attached hydrogens (tertiary/aromatic N) is 2. The van der Waals surface area contributed by atoms with Crippen LogP contribution < -0.4 is 0 Å². The van der Waals surface area contributed by atoms with Gasteiger partial charge in [-0.3, -0.25) is 4.79 Å². The van der Waals surface area contributed by atoms with Gasteiger partial charge in [0.15, 0.2) is 5.41 Å². The predicted molar refractivity (Wildman–Crippen MR) is 131 cm³/mol. The van der Waals surface area contributed by atoms with Crippen LogP contribution in [0.4, 0.5) is 0 Å². The molecule has 2 aromatic rings. The SMILES string of the molecule is C=CCC1(CC=C)CN(S(=O)(=O)c2ccc(C)cc2)[C@H](c2ccccc2)[C@@]1(C#N)C(=O)OCC. The molecule has 0 amide bonds. The first-order valence-corrected chi connectivity index (χ1v) is 12.6. The number of sulfonamides is 1. The molecule has 0 aromatic heterocycles. The Morgan fingerprint density at radius 1 is 1.15 bits per heavy atom. The summed E-state index contributed by atoms with van der Waals surface area (Å²) < 4.78 is 34.8. The molecule has 1 aliphatic rings. The molecule has 0 bridgehead atoms. The molecule has 0 spiro atoms. The van der Waals surface area contributed by atoms with Gasteiger partial charge in [-0.1, -0.05) is 60.2 Å². The van der Waals surface area contributed by atoms with Crippen LogP contribution in [0.5, 0.6) is 0 Å². The third-order valence-electron chi connectivity index (χ3n) is 6.58. The van der Waals surface area contributed by atoms with Gasteiger partial charge < -0.3 is 4.74 Å². The monoisotopic (exact) mass is 478 g/mol. The van der Waals surface area contributed by atoms with Crippen molar-refractivity contribution in [1.29, 1.82) is 5.26 Å². The molecule has 1 heterocycles. The van der Waals surface area contributed by atoms with Gasteiger partial charge in [-0.05, 0) is 44.4 Å². The topological polar surface area (TPSA) is 87.5 Å².